The number of benzene rings is 2. The zero-order valence-electron chi connectivity index (χ0n) is 13.3. The molecule has 0 saturated carbocycles. The maximum absolute atomic E-state index is 13.0. The fourth-order valence-corrected chi connectivity index (χ4v) is 2.32. The number of nitrogens with zero attached hydrogens (tertiary/aromatic N) is 3. The van der Waals surface area contributed by atoms with Gasteiger partial charge in [-0.3, -0.25) is 5.43 Å². The lowest BCUT2D eigenvalue weighted by atomic mass is 10.1. The lowest BCUT2D eigenvalue weighted by Crippen LogP contribution is -2.09. The Labute approximate surface area is 142 Å². The first-order valence-corrected chi connectivity index (χ1v) is 7.50. The molecule has 1 aromatic heterocycles. The molecule has 1 N–H and O–H groups in total. The summed E-state index contributed by atoms with van der Waals surface area (Å²) >= 11 is 0. The SMILES string of the molecule is C/C(=N\Nc1ccccc1C(F)(F)F)c1ccc(-n2ccnc2)cc1. The van der Waals surface area contributed by atoms with E-state index in [9.17, 15) is 13.2 Å². The van der Waals surface area contributed by atoms with Gasteiger partial charge in [-0.15, -0.1) is 0 Å². The van der Waals surface area contributed by atoms with E-state index in [2.05, 4.69) is 15.5 Å². The van der Waals surface area contributed by atoms with Crippen molar-refractivity contribution in [2.45, 2.75) is 13.1 Å². The van der Waals surface area contributed by atoms with Gasteiger partial charge in [0.15, 0.2) is 0 Å². The molecule has 2 aromatic carbocycles. The van der Waals surface area contributed by atoms with Crippen LogP contribution in [-0.2, 0) is 6.18 Å². The Morgan fingerprint density at radius 3 is 2.44 bits per heavy atom. The van der Waals surface area contributed by atoms with Crippen LogP contribution >= 0.6 is 0 Å². The minimum Gasteiger partial charge on any atom is -0.306 e. The molecule has 0 bridgehead atoms. The van der Waals surface area contributed by atoms with Crippen LogP contribution in [0.15, 0.2) is 72.4 Å². The van der Waals surface area contributed by atoms with Gasteiger partial charge >= 0.3 is 6.18 Å². The minimum absolute atomic E-state index is 0.0793. The molecule has 3 rings (SSSR count). The monoisotopic (exact) mass is 344 g/mol. The van der Waals surface area contributed by atoms with E-state index < -0.39 is 11.7 Å². The quantitative estimate of drug-likeness (QED) is 0.549. The Kier molecular flexibility index (Phi) is 4.56. The number of rotatable bonds is 4. The molecule has 0 saturated heterocycles. The molecular formula is C18H15F3N4. The number of anilines is 1. The Morgan fingerprint density at radius 2 is 1.80 bits per heavy atom. The normalized spacial score (nSPS) is 12.2. The molecule has 0 unspecified atom stereocenters. The highest BCUT2D eigenvalue weighted by atomic mass is 19.4. The van der Waals surface area contributed by atoms with Gasteiger partial charge in [-0.05, 0) is 36.8 Å². The van der Waals surface area contributed by atoms with E-state index in [1.165, 1.54) is 18.2 Å². The molecule has 0 aliphatic rings. The summed E-state index contributed by atoms with van der Waals surface area (Å²) in [5.41, 5.74) is 4.00. The van der Waals surface area contributed by atoms with Crippen LogP contribution in [0.2, 0.25) is 0 Å². The summed E-state index contributed by atoms with van der Waals surface area (Å²) in [7, 11) is 0. The maximum Gasteiger partial charge on any atom is 0.418 e. The number of halogens is 3. The standard InChI is InChI=1S/C18H15F3N4/c1-13(14-6-8-15(9-7-14)25-11-10-22-12-25)23-24-17-5-3-2-4-16(17)18(19,20)21/h2-12,24H,1H3/b23-13+. The zero-order valence-corrected chi connectivity index (χ0v) is 13.3. The van der Waals surface area contributed by atoms with Crippen molar-refractivity contribution in [3.05, 3.63) is 78.4 Å². The molecule has 25 heavy (non-hydrogen) atoms. The van der Waals surface area contributed by atoms with Gasteiger partial charge in [0.05, 0.1) is 23.3 Å². The van der Waals surface area contributed by atoms with Crippen LogP contribution in [0.1, 0.15) is 18.1 Å². The van der Waals surface area contributed by atoms with E-state index in [1.807, 2.05) is 35.0 Å². The van der Waals surface area contributed by atoms with Crippen LogP contribution in [0.25, 0.3) is 5.69 Å². The van der Waals surface area contributed by atoms with Crippen molar-refractivity contribution in [2.75, 3.05) is 5.43 Å². The van der Waals surface area contributed by atoms with Crippen LogP contribution < -0.4 is 5.43 Å². The highest BCUT2D eigenvalue weighted by Gasteiger charge is 2.33. The molecule has 0 fully saturated rings. The fourth-order valence-electron chi connectivity index (χ4n) is 2.32. The van der Waals surface area contributed by atoms with Crippen LogP contribution in [-0.4, -0.2) is 15.3 Å². The van der Waals surface area contributed by atoms with Gasteiger partial charge in [-0.25, -0.2) is 4.98 Å². The molecule has 0 aliphatic heterocycles. The molecule has 7 heteroatoms. The van der Waals surface area contributed by atoms with Gasteiger partial charge in [-0.2, -0.15) is 18.3 Å². The van der Waals surface area contributed by atoms with E-state index >= 15 is 0 Å². The predicted molar refractivity (Wildman–Crippen MR) is 90.8 cm³/mol. The van der Waals surface area contributed by atoms with Gasteiger partial charge in [0.25, 0.3) is 0 Å². The Hall–Kier alpha value is -3.09. The van der Waals surface area contributed by atoms with Gasteiger partial charge < -0.3 is 4.57 Å². The van der Waals surface area contributed by atoms with Crippen molar-refractivity contribution in [3.63, 3.8) is 0 Å². The average Bonchev–Trinajstić information content (AvgIpc) is 3.14. The first-order chi connectivity index (χ1) is 11.9. The van der Waals surface area contributed by atoms with Gasteiger partial charge in [0.2, 0.25) is 0 Å². The fraction of sp³-hybridized carbons (Fsp3) is 0.111. The second kappa shape index (κ2) is 6.80. The molecule has 1 heterocycles. The third-order valence-corrected chi connectivity index (χ3v) is 3.66. The summed E-state index contributed by atoms with van der Waals surface area (Å²) in [4.78, 5) is 3.98. The average molecular weight is 344 g/mol. The van der Waals surface area contributed by atoms with E-state index in [-0.39, 0.29) is 5.69 Å². The maximum atomic E-state index is 13.0. The van der Waals surface area contributed by atoms with Crippen molar-refractivity contribution in [1.82, 2.24) is 9.55 Å². The van der Waals surface area contributed by atoms with Crippen molar-refractivity contribution < 1.29 is 13.2 Å². The second-order valence-corrected chi connectivity index (χ2v) is 5.37. The van der Waals surface area contributed by atoms with Crippen molar-refractivity contribution >= 4 is 11.4 Å². The number of aromatic nitrogens is 2. The van der Waals surface area contributed by atoms with Gasteiger partial charge in [0, 0.05) is 18.1 Å². The summed E-state index contributed by atoms with van der Waals surface area (Å²) < 4.78 is 40.8. The summed E-state index contributed by atoms with van der Waals surface area (Å²) in [5.74, 6) is 0. The topological polar surface area (TPSA) is 42.2 Å². The van der Waals surface area contributed by atoms with E-state index in [4.69, 9.17) is 0 Å². The molecular weight excluding hydrogens is 329 g/mol. The third kappa shape index (κ3) is 3.88. The molecule has 0 spiro atoms. The Bertz CT molecular complexity index is 866. The molecule has 0 atom stereocenters. The number of alkyl halides is 3. The van der Waals surface area contributed by atoms with Crippen molar-refractivity contribution in [2.24, 2.45) is 5.10 Å². The minimum atomic E-state index is -4.43. The Morgan fingerprint density at radius 1 is 1.08 bits per heavy atom. The summed E-state index contributed by atoms with van der Waals surface area (Å²) in [5, 5.41) is 4.08. The zero-order chi connectivity index (χ0) is 17.9. The molecule has 128 valence electrons. The number of nitrogens with one attached hydrogen (secondary N) is 1. The van der Waals surface area contributed by atoms with E-state index in [1.54, 1.807) is 19.4 Å². The Balaban J connectivity index is 1.79. The van der Waals surface area contributed by atoms with Crippen molar-refractivity contribution in [1.29, 1.82) is 0 Å². The molecule has 0 amide bonds. The number of hydrogen-bond donors (Lipinski definition) is 1. The second-order valence-electron chi connectivity index (χ2n) is 5.37. The third-order valence-electron chi connectivity index (χ3n) is 3.66. The molecule has 0 radical (unpaired) electrons. The predicted octanol–water partition coefficient (Wildman–Crippen LogP) is 4.73. The number of hydrazone groups is 1. The summed E-state index contributed by atoms with van der Waals surface area (Å²) in [6, 6.07) is 12.7. The summed E-state index contributed by atoms with van der Waals surface area (Å²) in [6.45, 7) is 1.73. The first-order valence-electron chi connectivity index (χ1n) is 7.50. The number of imidazole rings is 1. The van der Waals surface area contributed by atoms with Crippen LogP contribution in [0.3, 0.4) is 0 Å². The lowest BCUT2D eigenvalue weighted by molar-refractivity contribution is -0.136. The molecule has 0 aliphatic carbocycles. The van der Waals surface area contributed by atoms with Gasteiger partial charge in [-0.1, -0.05) is 24.3 Å². The highest BCUT2D eigenvalue weighted by Crippen LogP contribution is 2.34. The van der Waals surface area contributed by atoms with E-state index in [0.717, 1.165) is 17.3 Å². The van der Waals surface area contributed by atoms with E-state index in [0.29, 0.717) is 5.71 Å². The van der Waals surface area contributed by atoms with Crippen LogP contribution in [0.5, 0.6) is 0 Å². The van der Waals surface area contributed by atoms with Crippen LogP contribution in [0.4, 0.5) is 18.9 Å². The van der Waals surface area contributed by atoms with Gasteiger partial charge in [0.1, 0.15) is 0 Å². The molecule has 3 aromatic rings. The highest BCUT2D eigenvalue weighted by molar-refractivity contribution is 5.99. The van der Waals surface area contributed by atoms with Crippen LogP contribution in [0, 0.1) is 0 Å². The smallest absolute Gasteiger partial charge is 0.306 e. The largest absolute Gasteiger partial charge is 0.418 e. The summed E-state index contributed by atoms with van der Waals surface area (Å²) in [6.07, 6.45) is 0.763. The lowest BCUT2D eigenvalue weighted by Gasteiger charge is -2.12. The number of hydrogen-bond acceptors (Lipinski definition) is 3. The number of para-hydroxylation sites is 1. The molecule has 4 nitrogen and oxygen atoms in total. The first kappa shape index (κ1) is 16.8. The van der Waals surface area contributed by atoms with Crippen molar-refractivity contribution in [3.8, 4) is 5.69 Å².